The first kappa shape index (κ1) is 25.4. The molecule has 0 aromatic carbocycles. The van der Waals surface area contributed by atoms with Gasteiger partial charge in [0.25, 0.3) is 0 Å². The van der Waals surface area contributed by atoms with E-state index < -0.39 is 41.6 Å². The quantitative estimate of drug-likeness (QED) is 0.571. The van der Waals surface area contributed by atoms with Gasteiger partial charge >= 0.3 is 12.3 Å². The Bertz CT molecular complexity index is 1030. The number of rotatable bonds is 6. The van der Waals surface area contributed by atoms with Crippen LogP contribution in [-0.4, -0.2) is 63.0 Å². The predicted octanol–water partition coefficient (Wildman–Crippen LogP) is 4.14. The van der Waals surface area contributed by atoms with Crippen molar-refractivity contribution in [3.05, 3.63) is 35.8 Å². The topological polar surface area (TPSA) is 86.5 Å². The summed E-state index contributed by atoms with van der Waals surface area (Å²) < 4.78 is 64.5. The van der Waals surface area contributed by atoms with E-state index in [9.17, 15) is 27.2 Å². The summed E-state index contributed by atoms with van der Waals surface area (Å²) in [5, 5.41) is 4.17. The molecular weight excluding hydrogens is 460 g/mol. The summed E-state index contributed by atoms with van der Waals surface area (Å²) in [6.45, 7) is 5.12. The van der Waals surface area contributed by atoms with Crippen LogP contribution in [0.4, 0.5) is 22.4 Å². The third-order valence-electron chi connectivity index (χ3n) is 5.17. The Hall–Kier alpha value is -3.18. The number of ether oxygens (including phenoxy) is 2. The molecule has 1 aliphatic heterocycles. The molecule has 0 aliphatic carbocycles. The van der Waals surface area contributed by atoms with Gasteiger partial charge in [-0.25, -0.2) is 18.9 Å². The maximum atomic E-state index is 14.5. The van der Waals surface area contributed by atoms with Gasteiger partial charge in [0.05, 0.1) is 19.0 Å². The van der Waals surface area contributed by atoms with Gasteiger partial charge in [-0.2, -0.15) is 13.2 Å². The summed E-state index contributed by atoms with van der Waals surface area (Å²) in [5.74, 6) is -0.304. The maximum Gasteiger partial charge on any atom is 0.433 e. The number of likely N-dealkylation sites (tertiary alicyclic amines) is 1. The summed E-state index contributed by atoms with van der Waals surface area (Å²) in [7, 11) is 1.36. The number of nitrogens with zero attached hydrogens (tertiary/aromatic N) is 4. The molecular formula is C22H26F4N4O4. The number of ketones is 1. The van der Waals surface area contributed by atoms with Crippen LogP contribution in [0.3, 0.4) is 0 Å². The molecule has 1 amide bonds. The summed E-state index contributed by atoms with van der Waals surface area (Å²) in [6.07, 6.45) is -4.21. The van der Waals surface area contributed by atoms with E-state index in [0.717, 1.165) is 17.2 Å². The van der Waals surface area contributed by atoms with E-state index in [1.165, 1.54) is 24.1 Å². The van der Waals surface area contributed by atoms with Crippen LogP contribution < -0.4 is 4.74 Å². The van der Waals surface area contributed by atoms with Crippen LogP contribution in [-0.2, 0) is 22.1 Å². The number of amides is 1. The van der Waals surface area contributed by atoms with E-state index >= 15 is 0 Å². The van der Waals surface area contributed by atoms with Crippen molar-refractivity contribution in [2.75, 3.05) is 13.7 Å². The van der Waals surface area contributed by atoms with E-state index in [4.69, 9.17) is 9.47 Å². The van der Waals surface area contributed by atoms with Crippen molar-refractivity contribution in [1.82, 2.24) is 19.7 Å². The Morgan fingerprint density at radius 3 is 2.47 bits per heavy atom. The Kier molecular flexibility index (Phi) is 7.18. The molecule has 1 fully saturated rings. The maximum absolute atomic E-state index is 14.5. The normalized spacial score (nSPS) is 18.8. The average Bonchev–Trinajstić information content (AvgIpc) is 3.33. The third kappa shape index (κ3) is 5.84. The lowest BCUT2D eigenvalue weighted by molar-refractivity contribution is -0.141. The fourth-order valence-corrected chi connectivity index (χ4v) is 3.62. The van der Waals surface area contributed by atoms with Crippen LogP contribution in [0.15, 0.2) is 24.5 Å². The number of hydrogen-bond acceptors (Lipinski definition) is 6. The summed E-state index contributed by atoms with van der Waals surface area (Å²) in [6, 6.07) is 0.802. The molecule has 0 spiro atoms. The van der Waals surface area contributed by atoms with Crippen LogP contribution in [0.5, 0.6) is 5.88 Å². The number of Topliss-reactive ketones (excluding diaryl/α,β-unsaturated/α-hetero) is 1. The Morgan fingerprint density at radius 1 is 1.21 bits per heavy atom. The third-order valence-corrected chi connectivity index (χ3v) is 5.17. The highest BCUT2D eigenvalue weighted by Crippen LogP contribution is 2.29. The molecule has 2 atom stereocenters. The minimum atomic E-state index is -4.56. The van der Waals surface area contributed by atoms with E-state index in [1.54, 1.807) is 20.8 Å². The summed E-state index contributed by atoms with van der Waals surface area (Å²) >= 11 is 0. The van der Waals surface area contributed by atoms with Crippen molar-refractivity contribution in [2.24, 2.45) is 0 Å². The van der Waals surface area contributed by atoms with E-state index in [-0.39, 0.29) is 37.4 Å². The highest BCUT2D eigenvalue weighted by molar-refractivity contribution is 5.89. The molecule has 1 saturated heterocycles. The first-order chi connectivity index (χ1) is 15.8. The molecule has 8 nitrogen and oxygen atoms in total. The monoisotopic (exact) mass is 486 g/mol. The summed E-state index contributed by atoms with van der Waals surface area (Å²) in [5.41, 5.74) is -1.06. The molecule has 0 N–H and O–H groups in total. The van der Waals surface area contributed by atoms with E-state index in [1.807, 2.05) is 0 Å². The van der Waals surface area contributed by atoms with Gasteiger partial charge in [-0.1, -0.05) is 0 Å². The number of carbonyl (C=O) groups is 2. The van der Waals surface area contributed by atoms with Crippen molar-refractivity contribution in [3.8, 4) is 11.6 Å². The number of alkyl halides is 4. The first-order valence-electron chi connectivity index (χ1n) is 10.6. The molecule has 34 heavy (non-hydrogen) atoms. The van der Waals surface area contributed by atoms with Gasteiger partial charge in [0, 0.05) is 24.7 Å². The van der Waals surface area contributed by atoms with Gasteiger partial charge in [0.15, 0.2) is 5.78 Å². The molecule has 1 aliphatic rings. The molecule has 0 radical (unpaired) electrons. The average molecular weight is 486 g/mol. The minimum Gasteiger partial charge on any atom is -0.480 e. The highest BCUT2D eigenvalue weighted by Gasteiger charge is 2.43. The fraction of sp³-hybridized carbons (Fsp3) is 0.545. The Labute approximate surface area is 193 Å². The predicted molar refractivity (Wildman–Crippen MR) is 112 cm³/mol. The fourth-order valence-electron chi connectivity index (χ4n) is 3.62. The Balaban J connectivity index is 1.71. The van der Waals surface area contributed by atoms with Crippen molar-refractivity contribution in [2.45, 2.75) is 64.0 Å². The number of carbonyl (C=O) groups excluding carboxylic acids is 2. The molecule has 0 saturated carbocycles. The molecule has 0 unspecified atom stereocenters. The van der Waals surface area contributed by atoms with Gasteiger partial charge in [-0.3, -0.25) is 9.69 Å². The minimum absolute atomic E-state index is 0.0395. The van der Waals surface area contributed by atoms with Crippen LogP contribution in [0.1, 0.15) is 44.9 Å². The molecule has 186 valence electrons. The number of aromatic nitrogens is 3. The number of pyridine rings is 1. The van der Waals surface area contributed by atoms with Crippen molar-refractivity contribution in [3.63, 3.8) is 0 Å². The van der Waals surface area contributed by atoms with E-state index in [2.05, 4.69) is 10.1 Å². The summed E-state index contributed by atoms with van der Waals surface area (Å²) in [4.78, 5) is 29.8. The lowest BCUT2D eigenvalue weighted by Crippen LogP contribution is -2.46. The second-order valence-electron chi connectivity index (χ2n) is 8.90. The van der Waals surface area contributed by atoms with Crippen LogP contribution in [0, 0.1) is 0 Å². The molecule has 3 heterocycles. The van der Waals surface area contributed by atoms with Gasteiger partial charge in [0.1, 0.15) is 23.5 Å². The molecule has 3 rings (SSSR count). The van der Waals surface area contributed by atoms with Crippen molar-refractivity contribution < 1.29 is 36.6 Å². The molecule has 0 bridgehead atoms. The number of aryl methyl sites for hydroxylation is 1. The zero-order valence-corrected chi connectivity index (χ0v) is 19.2. The van der Waals surface area contributed by atoms with Gasteiger partial charge in [-0.05, 0) is 45.7 Å². The van der Waals surface area contributed by atoms with Crippen LogP contribution in [0.25, 0.3) is 5.69 Å². The molecule has 2 aromatic heterocycles. The lowest BCUT2D eigenvalue weighted by atomic mass is 10.0. The van der Waals surface area contributed by atoms with Gasteiger partial charge in [0.2, 0.25) is 5.88 Å². The number of methoxy groups -OCH3 is 1. The SMILES string of the molecule is COc1nn(-c2ccc(C(F)(F)F)nc2)cc1CCC(=O)[C@@H]1[C@@H](F)CCN1C(=O)OC(C)(C)C. The van der Waals surface area contributed by atoms with Gasteiger partial charge < -0.3 is 9.47 Å². The smallest absolute Gasteiger partial charge is 0.433 e. The number of halogens is 4. The lowest BCUT2D eigenvalue weighted by Gasteiger charge is -2.28. The highest BCUT2D eigenvalue weighted by atomic mass is 19.4. The van der Waals surface area contributed by atoms with Crippen molar-refractivity contribution in [1.29, 1.82) is 0 Å². The molecule has 12 heteroatoms. The van der Waals surface area contributed by atoms with Crippen molar-refractivity contribution >= 4 is 11.9 Å². The second-order valence-corrected chi connectivity index (χ2v) is 8.90. The molecule has 2 aromatic rings. The second kappa shape index (κ2) is 9.59. The zero-order chi connectivity index (χ0) is 25.3. The largest absolute Gasteiger partial charge is 0.480 e. The van der Waals surface area contributed by atoms with Gasteiger partial charge in [-0.15, -0.1) is 5.10 Å². The Morgan fingerprint density at radius 2 is 1.91 bits per heavy atom. The standard InChI is InChI=1S/C22H26F4N4O4/c1-21(2,3)34-20(32)29-10-9-15(23)18(29)16(31)7-5-13-12-30(28-19(13)33-4)14-6-8-17(27-11-14)22(24,25)26/h6,8,11-12,15,18H,5,7,9-10H2,1-4H3/t15-,18-/m0/s1. The number of hydrogen-bond donors (Lipinski definition) is 0. The zero-order valence-electron chi connectivity index (χ0n) is 19.2. The van der Waals surface area contributed by atoms with Crippen LogP contribution >= 0.6 is 0 Å². The van der Waals surface area contributed by atoms with E-state index in [0.29, 0.717) is 5.56 Å². The first-order valence-corrected chi connectivity index (χ1v) is 10.6. The van der Waals surface area contributed by atoms with Crippen LogP contribution in [0.2, 0.25) is 0 Å².